The molecular weight excluding hydrogens is 316 g/mol. The first-order valence-corrected chi connectivity index (χ1v) is 8.44. The molecule has 25 heavy (non-hydrogen) atoms. The molecule has 0 atom stereocenters. The fourth-order valence-electron chi connectivity index (χ4n) is 3.67. The van der Waals surface area contributed by atoms with Crippen molar-refractivity contribution in [3.05, 3.63) is 59.7 Å². The average Bonchev–Trinajstić information content (AvgIpc) is 3.13. The summed E-state index contributed by atoms with van der Waals surface area (Å²) < 4.78 is 0. The minimum absolute atomic E-state index is 0.0807. The number of hydrogen-bond acceptors (Lipinski definition) is 4. The van der Waals surface area contributed by atoms with E-state index >= 15 is 0 Å². The highest BCUT2D eigenvalue weighted by atomic mass is 16.4. The lowest BCUT2D eigenvalue weighted by molar-refractivity contribution is 0.0734. The van der Waals surface area contributed by atoms with Gasteiger partial charge < -0.3 is 5.11 Å². The summed E-state index contributed by atoms with van der Waals surface area (Å²) >= 11 is 0. The van der Waals surface area contributed by atoms with Crippen molar-refractivity contribution in [2.45, 2.75) is 37.6 Å². The Hall–Kier alpha value is -2.94. The van der Waals surface area contributed by atoms with E-state index in [4.69, 9.17) is 5.26 Å². The van der Waals surface area contributed by atoms with Crippen LogP contribution in [0.15, 0.2) is 42.6 Å². The van der Waals surface area contributed by atoms with Gasteiger partial charge in [-0.1, -0.05) is 43.2 Å². The lowest BCUT2D eigenvalue weighted by Crippen LogP contribution is -2.49. The van der Waals surface area contributed by atoms with E-state index < -0.39 is 11.6 Å². The summed E-state index contributed by atoms with van der Waals surface area (Å²) in [5.41, 5.74) is 1.06. The molecule has 1 aliphatic rings. The first-order chi connectivity index (χ1) is 12.2. The SMILES string of the molecule is N#Cc1nccc(C2(N(CCc3ccccc3)C(=O)O)CCCC2)n1. The maximum Gasteiger partial charge on any atom is 0.408 e. The van der Waals surface area contributed by atoms with Gasteiger partial charge in [0, 0.05) is 12.7 Å². The van der Waals surface area contributed by atoms with Crippen molar-refractivity contribution < 1.29 is 9.90 Å². The average molecular weight is 336 g/mol. The van der Waals surface area contributed by atoms with Crippen LogP contribution in [0.2, 0.25) is 0 Å². The molecule has 6 heteroatoms. The number of aromatic nitrogens is 2. The summed E-state index contributed by atoms with van der Waals surface area (Å²) in [6.07, 6.45) is 4.56. The molecule has 0 unspecified atom stereocenters. The molecule has 1 saturated carbocycles. The van der Waals surface area contributed by atoms with Crippen molar-refractivity contribution in [1.82, 2.24) is 14.9 Å². The molecule has 6 nitrogen and oxygen atoms in total. The van der Waals surface area contributed by atoms with E-state index in [9.17, 15) is 9.90 Å². The highest BCUT2D eigenvalue weighted by molar-refractivity contribution is 5.66. The summed E-state index contributed by atoms with van der Waals surface area (Å²) in [6, 6.07) is 13.5. The maximum atomic E-state index is 12.1. The molecule has 1 aliphatic carbocycles. The monoisotopic (exact) mass is 336 g/mol. The number of nitriles is 1. The Balaban J connectivity index is 1.92. The molecule has 1 fully saturated rings. The second kappa shape index (κ2) is 7.31. The number of nitrogens with zero attached hydrogens (tertiary/aromatic N) is 4. The summed E-state index contributed by atoms with van der Waals surface area (Å²) in [7, 11) is 0. The van der Waals surface area contributed by atoms with E-state index in [1.807, 2.05) is 36.4 Å². The molecule has 0 radical (unpaired) electrons. The minimum atomic E-state index is -0.949. The Kier molecular flexibility index (Phi) is 4.94. The lowest BCUT2D eigenvalue weighted by atomic mass is 9.90. The summed E-state index contributed by atoms with van der Waals surface area (Å²) in [5, 5.41) is 19.0. The van der Waals surface area contributed by atoms with Crippen LogP contribution in [0.3, 0.4) is 0 Å². The second-order valence-corrected chi connectivity index (χ2v) is 6.29. The van der Waals surface area contributed by atoms with Gasteiger partial charge in [0.1, 0.15) is 6.07 Å². The van der Waals surface area contributed by atoms with Crippen LogP contribution in [0.4, 0.5) is 4.79 Å². The highest BCUT2D eigenvalue weighted by Crippen LogP contribution is 2.43. The number of amides is 1. The van der Waals surface area contributed by atoms with Gasteiger partial charge in [-0.25, -0.2) is 14.8 Å². The van der Waals surface area contributed by atoms with Gasteiger partial charge in [0.25, 0.3) is 0 Å². The maximum absolute atomic E-state index is 12.1. The van der Waals surface area contributed by atoms with Crippen LogP contribution in [-0.4, -0.2) is 32.6 Å². The number of benzene rings is 1. The van der Waals surface area contributed by atoms with Gasteiger partial charge in [-0.2, -0.15) is 5.26 Å². The number of rotatable bonds is 5. The Labute approximate surface area is 146 Å². The molecule has 1 N–H and O–H groups in total. The summed E-state index contributed by atoms with van der Waals surface area (Å²) in [5.74, 6) is 0.0807. The number of carboxylic acid groups (broad SMARTS) is 1. The number of hydrogen-bond donors (Lipinski definition) is 1. The zero-order chi connectivity index (χ0) is 17.7. The summed E-state index contributed by atoms with van der Waals surface area (Å²) in [4.78, 5) is 21.8. The molecule has 1 aromatic heterocycles. The van der Waals surface area contributed by atoms with Gasteiger partial charge in [-0.3, -0.25) is 4.90 Å². The quantitative estimate of drug-likeness (QED) is 0.904. The van der Waals surface area contributed by atoms with Gasteiger partial charge in [0.2, 0.25) is 5.82 Å². The van der Waals surface area contributed by atoms with Crippen molar-refractivity contribution in [3.8, 4) is 6.07 Å². The molecule has 1 amide bonds. The van der Waals surface area contributed by atoms with Crippen LogP contribution in [-0.2, 0) is 12.0 Å². The van der Waals surface area contributed by atoms with Crippen molar-refractivity contribution in [3.63, 3.8) is 0 Å². The predicted molar refractivity (Wildman–Crippen MR) is 91.8 cm³/mol. The third-order valence-corrected chi connectivity index (χ3v) is 4.88. The smallest absolute Gasteiger partial charge is 0.408 e. The Bertz CT molecular complexity index is 780. The standard InChI is InChI=1S/C19H20N4O2/c20-14-17-21-12-8-16(22-17)19(10-4-5-11-19)23(18(24)25)13-9-15-6-2-1-3-7-15/h1-3,6-8,12H,4-5,9-11,13H2,(H,24,25). The van der Waals surface area contributed by atoms with Crippen LogP contribution >= 0.6 is 0 Å². The molecule has 0 aliphatic heterocycles. The van der Waals surface area contributed by atoms with E-state index in [1.54, 1.807) is 6.07 Å². The third-order valence-electron chi connectivity index (χ3n) is 4.88. The molecule has 0 bridgehead atoms. The molecule has 0 spiro atoms. The van der Waals surface area contributed by atoms with Gasteiger partial charge >= 0.3 is 6.09 Å². The van der Waals surface area contributed by atoms with Gasteiger partial charge in [-0.05, 0) is 30.9 Å². The molecule has 3 rings (SSSR count). The largest absolute Gasteiger partial charge is 0.465 e. The van der Waals surface area contributed by atoms with Crippen LogP contribution < -0.4 is 0 Å². The van der Waals surface area contributed by atoms with Crippen LogP contribution in [0.5, 0.6) is 0 Å². The van der Waals surface area contributed by atoms with Gasteiger partial charge in [-0.15, -0.1) is 0 Å². The normalized spacial score (nSPS) is 15.5. The molecule has 0 saturated heterocycles. The molecular formula is C19H20N4O2. The minimum Gasteiger partial charge on any atom is -0.465 e. The van der Waals surface area contributed by atoms with Crippen LogP contribution in [0.25, 0.3) is 0 Å². The van der Waals surface area contributed by atoms with E-state index in [0.717, 1.165) is 31.2 Å². The van der Waals surface area contributed by atoms with Crippen molar-refractivity contribution in [1.29, 1.82) is 5.26 Å². The van der Waals surface area contributed by atoms with E-state index in [0.29, 0.717) is 18.7 Å². The van der Waals surface area contributed by atoms with Crippen molar-refractivity contribution in [2.75, 3.05) is 6.54 Å². The molecule has 128 valence electrons. The zero-order valence-corrected chi connectivity index (χ0v) is 13.9. The highest BCUT2D eigenvalue weighted by Gasteiger charge is 2.45. The van der Waals surface area contributed by atoms with Crippen molar-refractivity contribution >= 4 is 6.09 Å². The molecule has 1 aromatic carbocycles. The van der Waals surface area contributed by atoms with Crippen LogP contribution in [0, 0.1) is 11.3 Å². The predicted octanol–water partition coefficient (Wildman–Crippen LogP) is 3.34. The van der Waals surface area contributed by atoms with E-state index in [-0.39, 0.29) is 5.82 Å². The first kappa shape index (κ1) is 16.9. The Morgan fingerprint density at radius 2 is 1.96 bits per heavy atom. The Morgan fingerprint density at radius 3 is 2.60 bits per heavy atom. The third kappa shape index (κ3) is 3.45. The fraction of sp³-hybridized carbons (Fsp3) is 0.368. The summed E-state index contributed by atoms with van der Waals surface area (Å²) in [6.45, 7) is 0.394. The van der Waals surface area contributed by atoms with E-state index in [2.05, 4.69) is 9.97 Å². The number of carbonyl (C=O) groups is 1. The zero-order valence-electron chi connectivity index (χ0n) is 13.9. The second-order valence-electron chi connectivity index (χ2n) is 6.29. The fourth-order valence-corrected chi connectivity index (χ4v) is 3.67. The molecule has 1 heterocycles. The van der Waals surface area contributed by atoms with Gasteiger partial charge in [0.15, 0.2) is 0 Å². The topological polar surface area (TPSA) is 90.1 Å². The van der Waals surface area contributed by atoms with Crippen molar-refractivity contribution in [2.24, 2.45) is 0 Å². The van der Waals surface area contributed by atoms with Gasteiger partial charge in [0.05, 0.1) is 11.2 Å². The molecule has 2 aromatic rings. The lowest BCUT2D eigenvalue weighted by Gasteiger charge is -2.39. The Morgan fingerprint density at radius 1 is 1.24 bits per heavy atom. The first-order valence-electron chi connectivity index (χ1n) is 8.44. The van der Waals surface area contributed by atoms with Crippen LogP contribution in [0.1, 0.15) is 42.8 Å². The van der Waals surface area contributed by atoms with E-state index in [1.165, 1.54) is 11.1 Å².